The van der Waals surface area contributed by atoms with Crippen molar-refractivity contribution in [2.24, 2.45) is 0 Å². The monoisotopic (exact) mass is 360 g/mol. The molecule has 2 N–H and O–H groups in total. The van der Waals surface area contributed by atoms with Crippen LogP contribution in [0.3, 0.4) is 0 Å². The number of aromatic nitrogens is 1. The summed E-state index contributed by atoms with van der Waals surface area (Å²) in [6.45, 7) is 2.08. The van der Waals surface area contributed by atoms with E-state index in [0.717, 1.165) is 17.1 Å². The molecule has 1 heterocycles. The molecule has 1 aromatic heterocycles. The molecule has 0 bridgehead atoms. The molecule has 1 unspecified atom stereocenters. The van der Waals surface area contributed by atoms with Crippen LogP contribution in [-0.2, 0) is 0 Å². The van der Waals surface area contributed by atoms with Gasteiger partial charge in [-0.25, -0.2) is 0 Å². The van der Waals surface area contributed by atoms with E-state index in [4.69, 9.17) is 0 Å². The first-order chi connectivity index (χ1) is 13.0. The van der Waals surface area contributed by atoms with Crippen molar-refractivity contribution < 1.29 is 4.79 Å². The van der Waals surface area contributed by atoms with Gasteiger partial charge in [0.1, 0.15) is 0 Å². The van der Waals surface area contributed by atoms with Gasteiger partial charge < -0.3 is 15.5 Å². The third-order valence-electron chi connectivity index (χ3n) is 4.32. The summed E-state index contributed by atoms with van der Waals surface area (Å²) < 4.78 is 0. The van der Waals surface area contributed by atoms with Crippen molar-refractivity contribution in [3.05, 3.63) is 84.2 Å². The molecule has 1 amide bonds. The fourth-order valence-corrected chi connectivity index (χ4v) is 2.76. The van der Waals surface area contributed by atoms with Crippen LogP contribution in [0.25, 0.3) is 0 Å². The first-order valence-corrected chi connectivity index (χ1v) is 8.88. The van der Waals surface area contributed by atoms with Crippen LogP contribution in [0.4, 0.5) is 17.1 Å². The number of hydrogen-bond donors (Lipinski definition) is 2. The van der Waals surface area contributed by atoms with Gasteiger partial charge in [0, 0.05) is 43.9 Å². The molecule has 27 heavy (non-hydrogen) atoms. The molecule has 0 saturated heterocycles. The van der Waals surface area contributed by atoms with Crippen molar-refractivity contribution in [3.63, 3.8) is 0 Å². The van der Waals surface area contributed by atoms with Crippen LogP contribution < -0.4 is 15.5 Å². The number of carbonyl (C=O) groups is 1. The second-order valence-electron chi connectivity index (χ2n) is 6.63. The largest absolute Gasteiger partial charge is 0.378 e. The Labute approximate surface area is 160 Å². The van der Waals surface area contributed by atoms with E-state index in [1.54, 1.807) is 12.4 Å². The Hall–Kier alpha value is -3.34. The average molecular weight is 360 g/mol. The molecule has 0 fully saturated rings. The predicted octanol–water partition coefficient (Wildman–Crippen LogP) is 4.57. The molecule has 5 heteroatoms. The van der Waals surface area contributed by atoms with Crippen molar-refractivity contribution in [1.29, 1.82) is 0 Å². The number of nitrogens with one attached hydrogen (secondary N) is 2. The molecule has 0 saturated carbocycles. The number of hydrogen-bond acceptors (Lipinski definition) is 4. The van der Waals surface area contributed by atoms with Gasteiger partial charge in [-0.1, -0.05) is 30.3 Å². The number of nitrogens with zero attached hydrogens (tertiary/aromatic N) is 2. The number of rotatable bonds is 6. The highest BCUT2D eigenvalue weighted by Crippen LogP contribution is 2.20. The molecule has 0 spiro atoms. The fraction of sp³-hybridized carbons (Fsp3) is 0.182. The van der Waals surface area contributed by atoms with Crippen molar-refractivity contribution in [2.45, 2.75) is 13.0 Å². The van der Waals surface area contributed by atoms with Gasteiger partial charge in [-0.15, -0.1) is 0 Å². The lowest BCUT2D eigenvalue weighted by molar-refractivity contribution is 0.102. The standard InChI is InChI=1S/C22H24N4O/c1-16(17-7-5-4-6-8-17)24-20-13-18(14-23-15-20)22(27)25-19-9-11-21(12-10-19)26(2)3/h4-16,24H,1-3H3,(H,25,27). The minimum absolute atomic E-state index is 0.116. The van der Waals surface area contributed by atoms with E-state index < -0.39 is 0 Å². The summed E-state index contributed by atoms with van der Waals surface area (Å²) in [5.41, 5.74) is 4.32. The van der Waals surface area contributed by atoms with Gasteiger partial charge in [0.05, 0.1) is 11.3 Å². The number of benzene rings is 2. The van der Waals surface area contributed by atoms with E-state index in [-0.39, 0.29) is 11.9 Å². The molecule has 1 atom stereocenters. The quantitative estimate of drug-likeness (QED) is 0.676. The summed E-state index contributed by atoms with van der Waals surface area (Å²) in [4.78, 5) is 18.8. The van der Waals surface area contributed by atoms with Crippen molar-refractivity contribution in [2.75, 3.05) is 29.6 Å². The number of amides is 1. The molecular formula is C22H24N4O. The SMILES string of the molecule is CC(Nc1cncc(C(=O)Nc2ccc(N(C)C)cc2)c1)c1ccccc1. The molecule has 0 aliphatic heterocycles. The zero-order valence-electron chi connectivity index (χ0n) is 15.8. The summed E-state index contributed by atoms with van der Waals surface area (Å²) in [6, 6.07) is 19.8. The van der Waals surface area contributed by atoms with Gasteiger partial charge in [0.2, 0.25) is 0 Å². The first kappa shape index (κ1) is 18.5. The van der Waals surface area contributed by atoms with Gasteiger partial charge in [-0.3, -0.25) is 9.78 Å². The highest BCUT2D eigenvalue weighted by Gasteiger charge is 2.10. The maximum absolute atomic E-state index is 12.6. The number of carbonyl (C=O) groups excluding carboxylic acids is 1. The molecule has 2 aromatic carbocycles. The van der Waals surface area contributed by atoms with Gasteiger partial charge in [0.15, 0.2) is 0 Å². The topological polar surface area (TPSA) is 57.3 Å². The van der Waals surface area contributed by atoms with Crippen LogP contribution in [0.5, 0.6) is 0 Å². The fourth-order valence-electron chi connectivity index (χ4n) is 2.76. The minimum atomic E-state index is -0.184. The maximum atomic E-state index is 12.6. The second kappa shape index (κ2) is 8.36. The van der Waals surface area contributed by atoms with Gasteiger partial charge in [-0.05, 0) is 42.8 Å². The highest BCUT2D eigenvalue weighted by atomic mass is 16.1. The molecule has 0 radical (unpaired) electrons. The Morgan fingerprint density at radius 1 is 0.963 bits per heavy atom. The van der Waals surface area contributed by atoms with Gasteiger partial charge >= 0.3 is 0 Å². The molecule has 5 nitrogen and oxygen atoms in total. The lowest BCUT2D eigenvalue weighted by Crippen LogP contribution is -2.14. The van der Waals surface area contributed by atoms with Crippen LogP contribution in [0.2, 0.25) is 0 Å². The molecule has 3 rings (SSSR count). The molecule has 138 valence electrons. The summed E-state index contributed by atoms with van der Waals surface area (Å²) in [5.74, 6) is -0.184. The van der Waals surface area contributed by atoms with E-state index in [2.05, 4.69) is 34.7 Å². The molecule has 3 aromatic rings. The zero-order valence-corrected chi connectivity index (χ0v) is 15.8. The predicted molar refractivity (Wildman–Crippen MR) is 111 cm³/mol. The Bertz CT molecular complexity index is 892. The Morgan fingerprint density at radius 2 is 1.67 bits per heavy atom. The van der Waals surface area contributed by atoms with Crippen molar-refractivity contribution in [3.8, 4) is 0 Å². The summed E-state index contributed by atoms with van der Waals surface area (Å²) in [7, 11) is 3.96. The van der Waals surface area contributed by atoms with Crippen LogP contribution in [-0.4, -0.2) is 25.0 Å². The van der Waals surface area contributed by atoms with E-state index >= 15 is 0 Å². The van der Waals surface area contributed by atoms with Crippen molar-refractivity contribution in [1.82, 2.24) is 4.98 Å². The Kier molecular flexibility index (Phi) is 5.71. The lowest BCUT2D eigenvalue weighted by Gasteiger charge is -2.16. The van der Waals surface area contributed by atoms with Gasteiger partial charge in [0.25, 0.3) is 5.91 Å². The Balaban J connectivity index is 1.68. The van der Waals surface area contributed by atoms with Crippen LogP contribution in [0.15, 0.2) is 73.1 Å². The second-order valence-corrected chi connectivity index (χ2v) is 6.63. The zero-order chi connectivity index (χ0) is 19.2. The van der Waals surface area contributed by atoms with Crippen molar-refractivity contribution >= 4 is 23.0 Å². The summed E-state index contributed by atoms with van der Waals surface area (Å²) >= 11 is 0. The van der Waals surface area contributed by atoms with Crippen LogP contribution >= 0.6 is 0 Å². The molecule has 0 aliphatic rings. The van der Waals surface area contributed by atoms with E-state index in [9.17, 15) is 4.79 Å². The third kappa shape index (κ3) is 4.85. The summed E-state index contributed by atoms with van der Waals surface area (Å²) in [6.07, 6.45) is 3.30. The minimum Gasteiger partial charge on any atom is -0.378 e. The maximum Gasteiger partial charge on any atom is 0.257 e. The number of pyridine rings is 1. The molecular weight excluding hydrogens is 336 g/mol. The third-order valence-corrected chi connectivity index (χ3v) is 4.32. The molecule has 0 aliphatic carbocycles. The van der Waals surface area contributed by atoms with E-state index in [1.807, 2.05) is 67.5 Å². The first-order valence-electron chi connectivity index (χ1n) is 8.88. The highest BCUT2D eigenvalue weighted by molar-refractivity contribution is 6.04. The van der Waals surface area contributed by atoms with Crippen LogP contribution in [0, 0.1) is 0 Å². The smallest absolute Gasteiger partial charge is 0.257 e. The lowest BCUT2D eigenvalue weighted by atomic mass is 10.1. The number of anilines is 3. The van der Waals surface area contributed by atoms with Gasteiger partial charge in [-0.2, -0.15) is 0 Å². The van der Waals surface area contributed by atoms with E-state index in [0.29, 0.717) is 5.56 Å². The van der Waals surface area contributed by atoms with Crippen LogP contribution in [0.1, 0.15) is 28.9 Å². The normalized spacial score (nSPS) is 11.5. The van der Waals surface area contributed by atoms with E-state index in [1.165, 1.54) is 5.56 Å². The summed E-state index contributed by atoms with van der Waals surface area (Å²) in [5, 5.41) is 6.30. The Morgan fingerprint density at radius 3 is 2.33 bits per heavy atom. The average Bonchev–Trinajstić information content (AvgIpc) is 2.69.